The highest BCUT2D eigenvalue weighted by Gasteiger charge is 2.09. The summed E-state index contributed by atoms with van der Waals surface area (Å²) >= 11 is 0. The highest BCUT2D eigenvalue weighted by molar-refractivity contribution is 5.70. The van der Waals surface area contributed by atoms with Crippen LogP contribution in [0.1, 0.15) is 12.5 Å². The van der Waals surface area contributed by atoms with Crippen LogP contribution >= 0.6 is 0 Å². The third-order valence-corrected chi connectivity index (χ3v) is 1.93. The average Bonchev–Trinajstić information content (AvgIpc) is 2.14. The minimum atomic E-state index is -0.801. The van der Waals surface area contributed by atoms with Gasteiger partial charge >= 0.3 is 5.97 Å². The van der Waals surface area contributed by atoms with Crippen molar-refractivity contribution in [3.05, 3.63) is 23.9 Å². The van der Waals surface area contributed by atoms with Crippen LogP contribution in [0, 0.1) is 12.8 Å². The largest absolute Gasteiger partial charge is 0.481 e. The van der Waals surface area contributed by atoms with Crippen molar-refractivity contribution in [3.8, 4) is 0 Å². The molecule has 0 aromatic carbocycles. The predicted molar refractivity (Wildman–Crippen MR) is 54.3 cm³/mol. The van der Waals surface area contributed by atoms with Crippen molar-refractivity contribution in [2.45, 2.75) is 13.8 Å². The summed E-state index contributed by atoms with van der Waals surface area (Å²) in [6.45, 7) is 4.02. The molecule has 0 saturated carbocycles. The second-order valence-electron chi connectivity index (χ2n) is 3.34. The summed E-state index contributed by atoms with van der Waals surface area (Å²) in [4.78, 5) is 14.6. The first-order valence-corrected chi connectivity index (χ1v) is 4.49. The molecule has 1 unspecified atom stereocenters. The number of carboxylic acids is 1. The van der Waals surface area contributed by atoms with E-state index in [4.69, 9.17) is 5.11 Å². The van der Waals surface area contributed by atoms with E-state index in [1.807, 2.05) is 19.1 Å². The van der Waals surface area contributed by atoms with E-state index in [1.165, 1.54) is 0 Å². The summed E-state index contributed by atoms with van der Waals surface area (Å²) in [7, 11) is 0. The zero-order valence-electron chi connectivity index (χ0n) is 8.32. The van der Waals surface area contributed by atoms with Crippen LogP contribution in [0.25, 0.3) is 0 Å². The normalized spacial score (nSPS) is 12.1. The first kappa shape index (κ1) is 10.5. The second kappa shape index (κ2) is 4.60. The number of anilines is 1. The van der Waals surface area contributed by atoms with Gasteiger partial charge in [-0.25, -0.2) is 4.98 Å². The fraction of sp³-hybridized carbons (Fsp3) is 0.400. The summed E-state index contributed by atoms with van der Waals surface area (Å²) in [5.74, 6) is -0.486. The third-order valence-electron chi connectivity index (χ3n) is 1.93. The molecule has 1 rings (SSSR count). The molecule has 0 bridgehead atoms. The van der Waals surface area contributed by atoms with Crippen molar-refractivity contribution in [1.29, 1.82) is 0 Å². The zero-order chi connectivity index (χ0) is 10.6. The molecule has 2 N–H and O–H groups in total. The summed E-state index contributed by atoms with van der Waals surface area (Å²) in [5.41, 5.74) is 1.10. The number of hydrogen-bond donors (Lipinski definition) is 2. The molecule has 1 atom stereocenters. The summed E-state index contributed by atoms with van der Waals surface area (Å²) < 4.78 is 0. The Morgan fingerprint density at radius 3 is 3.00 bits per heavy atom. The number of aryl methyl sites for hydroxylation is 1. The Labute approximate surface area is 83.0 Å². The molecule has 0 aliphatic rings. The van der Waals surface area contributed by atoms with Gasteiger partial charge in [0.15, 0.2) is 0 Å². The van der Waals surface area contributed by atoms with E-state index in [0.29, 0.717) is 6.54 Å². The molecule has 1 aromatic rings. The first-order valence-electron chi connectivity index (χ1n) is 4.49. The Hall–Kier alpha value is -1.58. The highest BCUT2D eigenvalue weighted by atomic mass is 16.4. The van der Waals surface area contributed by atoms with Gasteiger partial charge in [0.2, 0.25) is 0 Å². The number of rotatable bonds is 4. The Balaban J connectivity index is 2.49. The number of nitrogens with zero attached hydrogens (tertiary/aromatic N) is 1. The van der Waals surface area contributed by atoms with Crippen molar-refractivity contribution in [2.24, 2.45) is 5.92 Å². The highest BCUT2D eigenvalue weighted by Crippen LogP contribution is 2.06. The Morgan fingerprint density at radius 1 is 1.71 bits per heavy atom. The fourth-order valence-electron chi connectivity index (χ4n) is 0.978. The Kier molecular flexibility index (Phi) is 3.45. The second-order valence-corrected chi connectivity index (χ2v) is 3.34. The third kappa shape index (κ3) is 3.05. The molecule has 0 aliphatic heterocycles. The molecular weight excluding hydrogens is 180 g/mol. The van der Waals surface area contributed by atoms with E-state index in [0.717, 1.165) is 11.4 Å². The molecule has 14 heavy (non-hydrogen) atoms. The molecule has 0 aliphatic carbocycles. The number of pyridine rings is 1. The zero-order valence-corrected chi connectivity index (χ0v) is 8.32. The van der Waals surface area contributed by atoms with Crippen molar-refractivity contribution in [3.63, 3.8) is 0 Å². The lowest BCUT2D eigenvalue weighted by Gasteiger charge is -2.08. The summed E-state index contributed by atoms with van der Waals surface area (Å²) in [6.07, 6.45) is 1.70. The van der Waals surface area contributed by atoms with Crippen molar-refractivity contribution in [1.82, 2.24) is 4.98 Å². The maximum Gasteiger partial charge on any atom is 0.308 e. The van der Waals surface area contributed by atoms with Crippen LogP contribution in [-0.4, -0.2) is 22.6 Å². The summed E-state index contributed by atoms with van der Waals surface area (Å²) in [5, 5.41) is 11.6. The molecule has 4 nitrogen and oxygen atoms in total. The molecular formula is C10H14N2O2. The predicted octanol–water partition coefficient (Wildman–Crippen LogP) is 1.52. The van der Waals surface area contributed by atoms with E-state index in [9.17, 15) is 4.79 Å². The smallest absolute Gasteiger partial charge is 0.308 e. The lowest BCUT2D eigenvalue weighted by atomic mass is 10.2. The Morgan fingerprint density at radius 2 is 2.43 bits per heavy atom. The van der Waals surface area contributed by atoms with Crippen molar-refractivity contribution in [2.75, 3.05) is 11.9 Å². The van der Waals surface area contributed by atoms with Crippen LogP contribution in [0.4, 0.5) is 5.82 Å². The number of aromatic nitrogens is 1. The molecule has 1 aromatic heterocycles. The number of hydrogen-bond acceptors (Lipinski definition) is 3. The monoisotopic (exact) mass is 194 g/mol. The van der Waals surface area contributed by atoms with E-state index >= 15 is 0 Å². The standard InChI is InChI=1S/C10H14N2O2/c1-7-3-4-11-9(5-7)12-6-8(2)10(13)14/h3-5,8H,6H2,1-2H3,(H,11,12)(H,13,14). The molecule has 0 fully saturated rings. The lowest BCUT2D eigenvalue weighted by molar-refractivity contribution is -0.140. The topological polar surface area (TPSA) is 62.2 Å². The molecule has 0 saturated heterocycles. The molecule has 4 heteroatoms. The maximum absolute atomic E-state index is 10.5. The van der Waals surface area contributed by atoms with Gasteiger partial charge in [-0.3, -0.25) is 4.79 Å². The van der Waals surface area contributed by atoms with Crippen LogP contribution in [0.5, 0.6) is 0 Å². The summed E-state index contributed by atoms with van der Waals surface area (Å²) in [6, 6.07) is 3.78. The van der Waals surface area contributed by atoms with Crippen LogP contribution in [-0.2, 0) is 4.79 Å². The number of nitrogens with one attached hydrogen (secondary N) is 1. The number of carbonyl (C=O) groups is 1. The molecule has 0 spiro atoms. The van der Waals surface area contributed by atoms with E-state index in [1.54, 1.807) is 13.1 Å². The van der Waals surface area contributed by atoms with Gasteiger partial charge in [0.1, 0.15) is 5.82 Å². The quantitative estimate of drug-likeness (QED) is 0.762. The minimum absolute atomic E-state index is 0.395. The van der Waals surface area contributed by atoms with Gasteiger partial charge in [-0.1, -0.05) is 6.92 Å². The van der Waals surface area contributed by atoms with E-state index in [2.05, 4.69) is 10.3 Å². The molecule has 0 amide bonds. The fourth-order valence-corrected chi connectivity index (χ4v) is 0.978. The number of aliphatic carboxylic acids is 1. The first-order chi connectivity index (χ1) is 6.59. The minimum Gasteiger partial charge on any atom is -0.481 e. The van der Waals surface area contributed by atoms with Crippen LogP contribution in [0.15, 0.2) is 18.3 Å². The number of carboxylic acid groups (broad SMARTS) is 1. The average molecular weight is 194 g/mol. The molecule has 0 radical (unpaired) electrons. The van der Waals surface area contributed by atoms with Crippen molar-refractivity contribution < 1.29 is 9.90 Å². The van der Waals surface area contributed by atoms with Gasteiger partial charge in [0.25, 0.3) is 0 Å². The lowest BCUT2D eigenvalue weighted by Crippen LogP contribution is -2.19. The van der Waals surface area contributed by atoms with Gasteiger partial charge in [0, 0.05) is 12.7 Å². The van der Waals surface area contributed by atoms with Gasteiger partial charge in [-0.05, 0) is 24.6 Å². The van der Waals surface area contributed by atoms with Gasteiger partial charge in [-0.15, -0.1) is 0 Å². The van der Waals surface area contributed by atoms with Gasteiger partial charge in [-0.2, -0.15) is 0 Å². The van der Waals surface area contributed by atoms with E-state index in [-0.39, 0.29) is 0 Å². The SMILES string of the molecule is Cc1ccnc(NCC(C)C(=O)O)c1. The van der Waals surface area contributed by atoms with Crippen LogP contribution in [0.3, 0.4) is 0 Å². The maximum atomic E-state index is 10.5. The Bertz CT molecular complexity index is 326. The molecule has 1 heterocycles. The van der Waals surface area contributed by atoms with E-state index < -0.39 is 11.9 Å². The van der Waals surface area contributed by atoms with Crippen LogP contribution < -0.4 is 5.32 Å². The van der Waals surface area contributed by atoms with Gasteiger partial charge in [0.05, 0.1) is 5.92 Å². The van der Waals surface area contributed by atoms with Gasteiger partial charge < -0.3 is 10.4 Å². The van der Waals surface area contributed by atoms with Crippen molar-refractivity contribution >= 4 is 11.8 Å². The van der Waals surface area contributed by atoms with Crippen LogP contribution in [0.2, 0.25) is 0 Å². The molecule has 76 valence electrons.